The van der Waals surface area contributed by atoms with Gasteiger partial charge in [-0.1, -0.05) is 23.7 Å². The Labute approximate surface area is 148 Å². The van der Waals surface area contributed by atoms with E-state index in [2.05, 4.69) is 4.99 Å². The van der Waals surface area contributed by atoms with Crippen LogP contribution in [0.1, 0.15) is 40.6 Å². The maximum absolute atomic E-state index is 12.3. The number of Topliss-reactive ketones (excluding diaryl/α,β-unsaturated/α-hetero) is 1. The molecule has 1 aliphatic rings. The van der Waals surface area contributed by atoms with E-state index in [0.29, 0.717) is 27.0 Å². The molecule has 0 spiro atoms. The fraction of sp³-hybridized carbons (Fsp3) is 0.235. The molecule has 1 amide bonds. The topological polar surface area (TPSA) is 98.5 Å². The number of carbonyl (C=O) groups is 2. The number of halogens is 1. The van der Waals surface area contributed by atoms with Crippen molar-refractivity contribution >= 4 is 51.0 Å². The largest absolute Gasteiger partial charge is 0.397 e. The van der Waals surface area contributed by atoms with Crippen molar-refractivity contribution in [1.29, 1.82) is 0 Å². The number of hydrogen-bond acceptors (Lipinski definition) is 5. The Morgan fingerprint density at radius 2 is 1.88 bits per heavy atom. The van der Waals surface area contributed by atoms with Gasteiger partial charge in [0.1, 0.15) is 15.7 Å². The average Bonchev–Trinajstić information content (AvgIpc) is 2.83. The lowest BCUT2D eigenvalue weighted by Gasteiger charge is -2.30. The van der Waals surface area contributed by atoms with Crippen LogP contribution in [0.5, 0.6) is 0 Å². The fourth-order valence-corrected chi connectivity index (χ4v) is 4.38. The summed E-state index contributed by atoms with van der Waals surface area (Å²) in [6.45, 7) is 3.35. The highest BCUT2D eigenvalue weighted by atomic mass is 35.5. The molecule has 7 heteroatoms. The molecule has 1 aromatic carbocycles. The molecule has 1 aromatic heterocycles. The summed E-state index contributed by atoms with van der Waals surface area (Å²) in [4.78, 5) is 28.7. The number of primary amides is 1. The predicted octanol–water partition coefficient (Wildman–Crippen LogP) is 3.53. The normalized spacial score (nSPS) is 19.5. The number of aliphatic imine (C=N–C) groups is 1. The molecular weight excluding hydrogens is 346 g/mol. The van der Waals surface area contributed by atoms with Crippen molar-refractivity contribution < 1.29 is 9.59 Å². The van der Waals surface area contributed by atoms with Crippen molar-refractivity contribution in [1.82, 2.24) is 0 Å². The van der Waals surface area contributed by atoms with E-state index in [4.69, 9.17) is 23.1 Å². The van der Waals surface area contributed by atoms with E-state index in [1.165, 1.54) is 6.92 Å². The van der Waals surface area contributed by atoms with Gasteiger partial charge in [0.2, 0.25) is 0 Å². The number of hydrogen-bond donors (Lipinski definition) is 2. The molecule has 5 nitrogen and oxygen atoms in total. The number of nitrogens with two attached hydrogens (primary N) is 2. The first-order chi connectivity index (χ1) is 11.3. The zero-order valence-corrected chi connectivity index (χ0v) is 14.7. The van der Waals surface area contributed by atoms with Crippen LogP contribution in [0.25, 0.3) is 0 Å². The number of benzene rings is 1. The minimum Gasteiger partial charge on any atom is -0.397 e. The lowest BCUT2D eigenvalue weighted by atomic mass is 9.75. The quantitative estimate of drug-likeness (QED) is 0.874. The van der Waals surface area contributed by atoms with Gasteiger partial charge >= 0.3 is 0 Å². The molecule has 0 saturated carbocycles. The number of thiophene rings is 1. The Kier molecular flexibility index (Phi) is 4.19. The van der Waals surface area contributed by atoms with Crippen LogP contribution >= 0.6 is 22.9 Å². The molecular formula is C17H16ClN3O2S. The zero-order chi connectivity index (χ0) is 17.6. The second-order valence-electron chi connectivity index (χ2n) is 5.80. The lowest BCUT2D eigenvalue weighted by molar-refractivity contribution is -0.119. The van der Waals surface area contributed by atoms with E-state index in [1.807, 2.05) is 19.1 Å². The Hall–Kier alpha value is -2.18. The van der Waals surface area contributed by atoms with Crippen LogP contribution in [0.15, 0.2) is 29.3 Å². The SMILES string of the molecule is CC(=O)C1C(C)=Nc2sc(C(N)=O)c(N)c2C1c1ccc(Cl)cc1. The van der Waals surface area contributed by atoms with Crippen LogP contribution in [0, 0.1) is 5.92 Å². The van der Waals surface area contributed by atoms with Crippen LogP contribution in [0.2, 0.25) is 5.02 Å². The maximum Gasteiger partial charge on any atom is 0.260 e. The van der Waals surface area contributed by atoms with E-state index in [-0.39, 0.29) is 16.6 Å². The highest BCUT2D eigenvalue weighted by Gasteiger charge is 2.39. The van der Waals surface area contributed by atoms with Gasteiger partial charge in [-0.3, -0.25) is 9.59 Å². The lowest BCUT2D eigenvalue weighted by Crippen LogP contribution is -2.30. The van der Waals surface area contributed by atoms with E-state index in [0.717, 1.165) is 16.9 Å². The summed E-state index contributed by atoms with van der Waals surface area (Å²) in [5.74, 6) is -1.34. The number of fused-ring (bicyclic) bond motifs is 1. The molecule has 0 fully saturated rings. The Morgan fingerprint density at radius 1 is 1.25 bits per heavy atom. The smallest absolute Gasteiger partial charge is 0.260 e. The first-order valence-electron chi connectivity index (χ1n) is 7.34. The monoisotopic (exact) mass is 361 g/mol. The molecule has 1 aliphatic heterocycles. The van der Waals surface area contributed by atoms with Crippen molar-refractivity contribution in [3.63, 3.8) is 0 Å². The molecule has 2 aromatic rings. The third-order valence-electron chi connectivity index (χ3n) is 4.23. The van der Waals surface area contributed by atoms with Crippen molar-refractivity contribution in [2.75, 3.05) is 5.73 Å². The summed E-state index contributed by atoms with van der Waals surface area (Å²) in [6, 6.07) is 7.28. The molecule has 0 aliphatic carbocycles. The highest BCUT2D eigenvalue weighted by Crippen LogP contribution is 2.50. The van der Waals surface area contributed by atoms with Gasteiger partial charge in [-0.2, -0.15) is 0 Å². The number of amides is 1. The number of carbonyl (C=O) groups excluding carboxylic acids is 2. The second kappa shape index (κ2) is 6.03. The van der Waals surface area contributed by atoms with Crippen molar-refractivity contribution in [2.24, 2.45) is 16.6 Å². The standard InChI is InChI=1S/C17H16ClN3O2S/c1-7-11(8(2)22)12(9-3-5-10(18)6-4-9)13-14(19)15(16(20)23)24-17(13)21-7/h3-6,11-12H,19H2,1-2H3,(H2,20,23). The van der Waals surface area contributed by atoms with E-state index < -0.39 is 11.8 Å². The average molecular weight is 362 g/mol. The third kappa shape index (κ3) is 2.61. The minimum atomic E-state index is -0.589. The fourth-order valence-electron chi connectivity index (χ4n) is 3.21. The first-order valence-corrected chi connectivity index (χ1v) is 8.53. The molecule has 2 unspecified atom stereocenters. The van der Waals surface area contributed by atoms with Gasteiger partial charge in [-0.15, -0.1) is 11.3 Å². The molecule has 124 valence electrons. The highest BCUT2D eigenvalue weighted by molar-refractivity contribution is 7.18. The summed E-state index contributed by atoms with van der Waals surface area (Å²) < 4.78 is 0. The third-order valence-corrected chi connectivity index (χ3v) is 5.61. The number of nitrogen functional groups attached to an aromatic ring is 1. The van der Waals surface area contributed by atoms with Gasteiger partial charge in [0.25, 0.3) is 5.91 Å². The Balaban J connectivity index is 2.27. The molecule has 2 heterocycles. The minimum absolute atomic E-state index is 0.00641. The molecule has 2 atom stereocenters. The van der Waals surface area contributed by atoms with Gasteiger partial charge < -0.3 is 11.5 Å². The maximum atomic E-state index is 12.3. The van der Waals surface area contributed by atoms with Crippen LogP contribution < -0.4 is 11.5 Å². The second-order valence-corrected chi connectivity index (χ2v) is 7.23. The van der Waals surface area contributed by atoms with Crippen molar-refractivity contribution in [2.45, 2.75) is 19.8 Å². The van der Waals surface area contributed by atoms with Crippen molar-refractivity contribution in [3.05, 3.63) is 45.3 Å². The Morgan fingerprint density at radius 3 is 2.42 bits per heavy atom. The molecule has 3 rings (SSSR count). The van der Waals surface area contributed by atoms with Crippen LogP contribution in [-0.4, -0.2) is 17.4 Å². The summed E-state index contributed by atoms with van der Waals surface area (Å²) in [7, 11) is 0. The molecule has 24 heavy (non-hydrogen) atoms. The van der Waals surface area contributed by atoms with Gasteiger partial charge in [-0.05, 0) is 31.5 Å². The number of anilines is 1. The molecule has 0 radical (unpaired) electrons. The van der Waals surface area contributed by atoms with Gasteiger partial charge in [0.05, 0.1) is 11.6 Å². The Bertz CT molecular complexity index is 871. The van der Waals surface area contributed by atoms with E-state index in [1.54, 1.807) is 12.1 Å². The van der Waals surface area contributed by atoms with Crippen LogP contribution in [0.4, 0.5) is 10.7 Å². The number of nitrogens with zero attached hydrogens (tertiary/aromatic N) is 1. The number of rotatable bonds is 3. The molecule has 4 N–H and O–H groups in total. The van der Waals surface area contributed by atoms with E-state index >= 15 is 0 Å². The van der Waals surface area contributed by atoms with Gasteiger partial charge in [-0.25, -0.2) is 4.99 Å². The van der Waals surface area contributed by atoms with Gasteiger partial charge in [0.15, 0.2) is 0 Å². The zero-order valence-electron chi connectivity index (χ0n) is 13.2. The molecule has 0 saturated heterocycles. The summed E-state index contributed by atoms with van der Waals surface area (Å²) in [5.41, 5.74) is 14.2. The van der Waals surface area contributed by atoms with Crippen molar-refractivity contribution in [3.8, 4) is 0 Å². The van der Waals surface area contributed by atoms with Crippen LogP contribution in [-0.2, 0) is 4.79 Å². The summed E-state index contributed by atoms with van der Waals surface area (Å²) in [5, 5.41) is 1.24. The summed E-state index contributed by atoms with van der Waals surface area (Å²) in [6.07, 6.45) is 0. The molecule has 0 bridgehead atoms. The van der Waals surface area contributed by atoms with Crippen LogP contribution in [0.3, 0.4) is 0 Å². The van der Waals surface area contributed by atoms with Gasteiger partial charge in [0, 0.05) is 22.2 Å². The number of ketones is 1. The first kappa shape index (κ1) is 16.7. The predicted molar refractivity (Wildman–Crippen MR) is 97.5 cm³/mol. The van der Waals surface area contributed by atoms with E-state index in [9.17, 15) is 9.59 Å². The summed E-state index contributed by atoms with van der Waals surface area (Å²) >= 11 is 7.15.